The molecule has 0 bridgehead atoms. The van der Waals surface area contributed by atoms with Crippen molar-refractivity contribution < 1.29 is 19.5 Å². The summed E-state index contributed by atoms with van der Waals surface area (Å²) in [6, 6.07) is 5.08. The number of amides is 3. The van der Waals surface area contributed by atoms with Gasteiger partial charge in [-0.15, -0.1) is 23.7 Å². The number of terminal acetylenes is 1. The first-order chi connectivity index (χ1) is 17.4. The quantitative estimate of drug-likeness (QED) is 0.386. The summed E-state index contributed by atoms with van der Waals surface area (Å²) in [4.78, 5) is 45.9. The van der Waals surface area contributed by atoms with Gasteiger partial charge < -0.3 is 26.4 Å². The zero-order valence-corrected chi connectivity index (χ0v) is 22.5. The Morgan fingerprint density at radius 2 is 1.97 bits per heavy atom. The number of β-amino-alcohol motifs (C(OH)–C–C–N with tert-alkyl or cyclic N) is 1. The molecule has 0 radical (unpaired) electrons. The van der Waals surface area contributed by atoms with E-state index in [-0.39, 0.29) is 31.8 Å². The minimum Gasteiger partial charge on any atom is -0.391 e. The maximum absolute atomic E-state index is 13.6. The first-order valence-electron chi connectivity index (χ1n) is 12.2. The molecule has 5 N–H and O–H groups in total. The van der Waals surface area contributed by atoms with E-state index in [2.05, 4.69) is 21.5 Å². The molecule has 3 rings (SSSR count). The van der Waals surface area contributed by atoms with Crippen molar-refractivity contribution in [3.05, 3.63) is 41.0 Å². The molecule has 0 spiro atoms. The summed E-state index contributed by atoms with van der Waals surface area (Å²) in [6.07, 6.45) is 4.56. The third kappa shape index (κ3) is 6.95. The number of nitrogens with one attached hydrogen (secondary N) is 2. The van der Waals surface area contributed by atoms with Gasteiger partial charge in [-0.3, -0.25) is 14.4 Å². The van der Waals surface area contributed by atoms with Crippen molar-refractivity contribution in [2.24, 2.45) is 11.1 Å². The summed E-state index contributed by atoms with van der Waals surface area (Å²) in [5.41, 5.74) is 9.89. The predicted octanol–water partition coefficient (Wildman–Crippen LogP) is 1.58. The number of rotatable bonds is 8. The lowest BCUT2D eigenvalue weighted by Crippen LogP contribution is -2.59. The van der Waals surface area contributed by atoms with Crippen LogP contribution in [0.15, 0.2) is 29.8 Å². The number of aryl methyl sites for hydroxylation is 1. The van der Waals surface area contributed by atoms with E-state index in [1.165, 1.54) is 4.90 Å². The van der Waals surface area contributed by atoms with E-state index < -0.39 is 41.5 Å². The van der Waals surface area contributed by atoms with Crippen LogP contribution in [-0.4, -0.2) is 63.5 Å². The van der Waals surface area contributed by atoms with E-state index >= 15 is 0 Å². The Labute approximate surface area is 221 Å². The lowest BCUT2D eigenvalue weighted by Gasteiger charge is -2.35. The van der Waals surface area contributed by atoms with Crippen LogP contribution in [0.2, 0.25) is 0 Å². The van der Waals surface area contributed by atoms with E-state index in [9.17, 15) is 19.5 Å². The highest BCUT2D eigenvalue weighted by Crippen LogP contribution is 2.28. The van der Waals surface area contributed by atoms with Crippen molar-refractivity contribution in [1.29, 1.82) is 0 Å². The van der Waals surface area contributed by atoms with E-state index in [1.807, 2.05) is 57.5 Å². The van der Waals surface area contributed by atoms with E-state index in [1.54, 1.807) is 11.3 Å². The number of hydrogen-bond acceptors (Lipinski definition) is 7. The number of aliphatic hydroxyl groups is 1. The second-order valence-electron chi connectivity index (χ2n) is 10.4. The molecule has 2 aromatic rings. The molecule has 1 saturated heterocycles. The molecule has 2 heterocycles. The number of carbonyl (C=O) groups excluding carboxylic acids is 3. The molecule has 1 unspecified atom stereocenters. The number of nitrogens with zero attached hydrogens (tertiary/aromatic N) is 2. The molecule has 1 aliphatic rings. The molecule has 0 saturated carbocycles. The van der Waals surface area contributed by atoms with Gasteiger partial charge in [0, 0.05) is 25.9 Å². The van der Waals surface area contributed by atoms with Crippen LogP contribution >= 0.6 is 11.3 Å². The molecule has 1 aliphatic heterocycles. The summed E-state index contributed by atoms with van der Waals surface area (Å²) in [6.45, 7) is 7.66. The zero-order valence-electron chi connectivity index (χ0n) is 21.7. The lowest BCUT2D eigenvalue weighted by atomic mass is 9.85. The normalized spacial score (nSPS) is 19.1. The Morgan fingerprint density at radius 1 is 1.30 bits per heavy atom. The van der Waals surface area contributed by atoms with Gasteiger partial charge in [-0.25, -0.2) is 4.98 Å². The number of hydrogen-bond donors (Lipinski definition) is 4. The smallest absolute Gasteiger partial charge is 0.246 e. The zero-order chi connectivity index (χ0) is 27.3. The Morgan fingerprint density at radius 3 is 2.54 bits per heavy atom. The van der Waals surface area contributed by atoms with Gasteiger partial charge in [0.15, 0.2) is 0 Å². The van der Waals surface area contributed by atoms with Gasteiger partial charge in [0.25, 0.3) is 0 Å². The molecular formula is C27H35N5O4S. The number of benzene rings is 1. The third-order valence-electron chi connectivity index (χ3n) is 6.37. The minimum atomic E-state index is -0.952. The fraction of sp³-hybridized carbons (Fsp3) is 0.481. The van der Waals surface area contributed by atoms with Crippen molar-refractivity contribution >= 4 is 29.1 Å². The molecule has 0 aliphatic carbocycles. The van der Waals surface area contributed by atoms with E-state index in [0.29, 0.717) is 0 Å². The van der Waals surface area contributed by atoms with Crippen LogP contribution in [-0.2, 0) is 20.9 Å². The monoisotopic (exact) mass is 525 g/mol. The van der Waals surface area contributed by atoms with Gasteiger partial charge in [-0.05, 0) is 23.5 Å². The van der Waals surface area contributed by atoms with Crippen molar-refractivity contribution in [3.8, 4) is 22.8 Å². The van der Waals surface area contributed by atoms with Crippen LogP contribution in [0, 0.1) is 24.7 Å². The van der Waals surface area contributed by atoms with Crippen LogP contribution in [0.25, 0.3) is 10.4 Å². The van der Waals surface area contributed by atoms with Gasteiger partial charge in [0.05, 0.1) is 28.2 Å². The second-order valence-corrected chi connectivity index (χ2v) is 11.3. The fourth-order valence-corrected chi connectivity index (χ4v) is 5.06. The van der Waals surface area contributed by atoms with Crippen LogP contribution in [0.4, 0.5) is 0 Å². The fourth-order valence-electron chi connectivity index (χ4n) is 4.25. The van der Waals surface area contributed by atoms with Crippen LogP contribution in [0.5, 0.6) is 0 Å². The summed E-state index contributed by atoms with van der Waals surface area (Å²) < 4.78 is 0. The maximum atomic E-state index is 13.6. The SMILES string of the molecule is C#CCC(N)C(=O)N[C@H](C(=O)N1C[C@H](O)C[C@H]1C(=O)NCc1ccc(-c2scnc2C)cc1)C(C)(C)C. The highest BCUT2D eigenvalue weighted by Gasteiger charge is 2.44. The molecule has 1 aromatic carbocycles. The van der Waals surface area contributed by atoms with Crippen LogP contribution in [0.1, 0.15) is 44.9 Å². The molecule has 1 aromatic heterocycles. The minimum absolute atomic E-state index is 0.00131. The molecule has 37 heavy (non-hydrogen) atoms. The number of likely N-dealkylation sites (tertiary alicyclic amines) is 1. The number of nitrogens with two attached hydrogens (primary N) is 1. The highest BCUT2D eigenvalue weighted by atomic mass is 32.1. The number of carbonyl (C=O) groups is 3. The molecule has 4 atom stereocenters. The van der Waals surface area contributed by atoms with Gasteiger partial charge in [-0.2, -0.15) is 0 Å². The number of aliphatic hydroxyl groups excluding tert-OH is 1. The molecule has 3 amide bonds. The van der Waals surface area contributed by atoms with Gasteiger partial charge >= 0.3 is 0 Å². The Balaban J connectivity index is 1.68. The molecule has 9 nitrogen and oxygen atoms in total. The largest absolute Gasteiger partial charge is 0.391 e. The summed E-state index contributed by atoms with van der Waals surface area (Å²) >= 11 is 1.57. The Kier molecular flexibility index (Phi) is 9.07. The number of thiazole rings is 1. The summed E-state index contributed by atoms with van der Waals surface area (Å²) in [7, 11) is 0. The molecule has 10 heteroatoms. The average Bonchev–Trinajstić information content (AvgIpc) is 3.45. The number of aromatic nitrogens is 1. The van der Waals surface area contributed by atoms with Crippen LogP contribution in [0.3, 0.4) is 0 Å². The van der Waals surface area contributed by atoms with Gasteiger partial charge in [-0.1, -0.05) is 45.0 Å². The summed E-state index contributed by atoms with van der Waals surface area (Å²) in [5.74, 6) is 0.990. The molecule has 198 valence electrons. The van der Waals surface area contributed by atoms with Crippen molar-refractivity contribution in [2.75, 3.05) is 6.54 Å². The predicted molar refractivity (Wildman–Crippen MR) is 143 cm³/mol. The first-order valence-corrected chi connectivity index (χ1v) is 13.1. The van der Waals surface area contributed by atoms with Crippen molar-refractivity contribution in [3.63, 3.8) is 0 Å². The van der Waals surface area contributed by atoms with Gasteiger partial charge in [0.2, 0.25) is 17.7 Å². The van der Waals surface area contributed by atoms with Gasteiger partial charge in [0.1, 0.15) is 12.1 Å². The second kappa shape index (κ2) is 11.9. The maximum Gasteiger partial charge on any atom is 0.246 e. The Bertz CT molecular complexity index is 1160. The van der Waals surface area contributed by atoms with Crippen molar-refractivity contribution in [2.45, 2.75) is 71.3 Å². The topological polar surface area (TPSA) is 138 Å². The Hall–Kier alpha value is -3.26. The summed E-state index contributed by atoms with van der Waals surface area (Å²) in [5, 5.41) is 15.9. The molecular weight excluding hydrogens is 490 g/mol. The van der Waals surface area contributed by atoms with E-state index in [4.69, 9.17) is 12.2 Å². The van der Waals surface area contributed by atoms with E-state index in [0.717, 1.165) is 21.7 Å². The average molecular weight is 526 g/mol. The highest BCUT2D eigenvalue weighted by molar-refractivity contribution is 7.13. The van der Waals surface area contributed by atoms with Crippen LogP contribution < -0.4 is 16.4 Å². The lowest BCUT2D eigenvalue weighted by molar-refractivity contribution is -0.144. The van der Waals surface area contributed by atoms with Crippen molar-refractivity contribution in [1.82, 2.24) is 20.5 Å². The third-order valence-corrected chi connectivity index (χ3v) is 7.34. The molecule has 1 fully saturated rings. The standard InChI is InChI=1S/C27H35N5O4S/c1-6-7-20(28)24(34)31-23(27(3,4)5)26(36)32-14-19(33)12-21(32)25(35)29-13-17-8-10-18(11-9-17)22-16(2)30-15-37-22/h1,8-11,15,19-21,23,33H,7,12-14,28H2,2-5H3,(H,29,35)(H,31,34)/t19-,20?,21+,23-/m1/s1. The first kappa shape index (κ1) is 28.3.